The lowest BCUT2D eigenvalue weighted by atomic mass is 9.75. The number of hydrogen-bond donors (Lipinski definition) is 1. The van der Waals surface area contributed by atoms with Crippen LogP contribution in [0.15, 0.2) is 42.7 Å². The summed E-state index contributed by atoms with van der Waals surface area (Å²) in [5.41, 5.74) is 2.34. The minimum Gasteiger partial charge on any atom is -0.491 e. The predicted octanol–water partition coefficient (Wildman–Crippen LogP) is 4.58. The molecule has 1 aliphatic carbocycles. The van der Waals surface area contributed by atoms with Crippen LogP contribution in [-0.4, -0.2) is 45.0 Å². The lowest BCUT2D eigenvalue weighted by molar-refractivity contribution is 0.0225. The smallest absolute Gasteiger partial charge is 0.410 e. The molecule has 2 aliphatic rings. The number of nitrogens with one attached hydrogen (secondary N) is 1. The van der Waals surface area contributed by atoms with E-state index in [-0.39, 0.29) is 12.5 Å². The third-order valence-corrected chi connectivity index (χ3v) is 6.73. The maximum Gasteiger partial charge on any atom is 0.410 e. The second-order valence-electron chi connectivity index (χ2n) is 10.5. The van der Waals surface area contributed by atoms with Crippen molar-refractivity contribution in [2.45, 2.75) is 64.6 Å². The average molecular weight is 477 g/mol. The van der Waals surface area contributed by atoms with Gasteiger partial charge in [-0.15, -0.1) is 0 Å². The minimum absolute atomic E-state index is 0.198. The van der Waals surface area contributed by atoms with Crippen molar-refractivity contribution in [3.05, 3.63) is 65.2 Å². The van der Waals surface area contributed by atoms with E-state index in [1.165, 1.54) is 0 Å². The van der Waals surface area contributed by atoms with Crippen molar-refractivity contribution in [1.82, 2.24) is 19.6 Å². The number of carbonyl (C=O) groups excluding carboxylic acids is 2. The van der Waals surface area contributed by atoms with Gasteiger partial charge in [-0.1, -0.05) is 18.2 Å². The molecule has 35 heavy (non-hydrogen) atoms. The topological polar surface area (TPSA) is 85.2 Å². The van der Waals surface area contributed by atoms with Crippen molar-refractivity contribution in [2.75, 3.05) is 13.2 Å². The Morgan fingerprint density at radius 3 is 2.69 bits per heavy atom. The molecular weight excluding hydrogens is 444 g/mol. The van der Waals surface area contributed by atoms with Crippen molar-refractivity contribution in [3.63, 3.8) is 0 Å². The number of aromatic nitrogens is 2. The highest BCUT2D eigenvalue weighted by Crippen LogP contribution is 2.41. The average Bonchev–Trinajstić information content (AvgIpc) is 3.08. The van der Waals surface area contributed by atoms with Crippen molar-refractivity contribution in [3.8, 4) is 5.75 Å². The summed E-state index contributed by atoms with van der Waals surface area (Å²) >= 11 is 0. The van der Waals surface area contributed by atoms with E-state index in [1.807, 2.05) is 51.4 Å². The largest absolute Gasteiger partial charge is 0.491 e. The first-order chi connectivity index (χ1) is 16.7. The van der Waals surface area contributed by atoms with Crippen LogP contribution in [0.5, 0.6) is 5.75 Å². The molecule has 3 aromatic rings. The number of pyridine rings is 1. The zero-order valence-corrected chi connectivity index (χ0v) is 20.8. The molecule has 2 amide bonds. The van der Waals surface area contributed by atoms with E-state index >= 15 is 0 Å². The maximum atomic E-state index is 13.6. The number of para-hydroxylation sites is 1. The molecule has 0 radical (unpaired) electrons. The molecule has 0 unspecified atom stereocenters. The Bertz CT molecular complexity index is 1290. The van der Waals surface area contributed by atoms with E-state index in [0.29, 0.717) is 24.4 Å². The van der Waals surface area contributed by atoms with Gasteiger partial charge in [0.2, 0.25) is 0 Å². The van der Waals surface area contributed by atoms with Crippen LogP contribution in [0.3, 0.4) is 0 Å². The van der Waals surface area contributed by atoms with Crippen LogP contribution in [0.4, 0.5) is 4.79 Å². The van der Waals surface area contributed by atoms with Gasteiger partial charge >= 0.3 is 6.09 Å². The second-order valence-corrected chi connectivity index (χ2v) is 10.5. The molecule has 1 aromatic carbocycles. The van der Waals surface area contributed by atoms with E-state index in [4.69, 9.17) is 14.5 Å². The van der Waals surface area contributed by atoms with E-state index in [1.54, 1.807) is 11.0 Å². The van der Waals surface area contributed by atoms with Gasteiger partial charge in [0.15, 0.2) is 0 Å². The van der Waals surface area contributed by atoms with Crippen LogP contribution in [0, 0.1) is 6.92 Å². The van der Waals surface area contributed by atoms with Gasteiger partial charge in [0.25, 0.3) is 5.91 Å². The van der Waals surface area contributed by atoms with Crippen molar-refractivity contribution in [2.24, 2.45) is 0 Å². The summed E-state index contributed by atoms with van der Waals surface area (Å²) in [6, 6.07) is 9.56. The van der Waals surface area contributed by atoms with Crippen LogP contribution in [0.25, 0.3) is 5.52 Å². The molecule has 1 saturated carbocycles. The quantitative estimate of drug-likeness (QED) is 0.598. The van der Waals surface area contributed by atoms with Gasteiger partial charge in [-0.05, 0) is 64.7 Å². The number of amides is 2. The first-order valence-electron chi connectivity index (χ1n) is 12.2. The highest BCUT2D eigenvalue weighted by atomic mass is 16.6. The van der Waals surface area contributed by atoms with Crippen molar-refractivity contribution < 1.29 is 19.1 Å². The normalized spacial score (nSPS) is 17.1. The second kappa shape index (κ2) is 8.59. The zero-order valence-electron chi connectivity index (χ0n) is 20.8. The number of imidazole rings is 1. The number of nitrogens with zero attached hydrogens (tertiary/aromatic N) is 3. The van der Waals surface area contributed by atoms with E-state index in [0.717, 1.165) is 41.7 Å². The van der Waals surface area contributed by atoms with Crippen LogP contribution in [-0.2, 0) is 16.8 Å². The molecule has 1 N–H and O–H groups in total. The third kappa shape index (κ3) is 4.33. The lowest BCUT2D eigenvalue weighted by Crippen LogP contribution is -2.52. The summed E-state index contributed by atoms with van der Waals surface area (Å²) in [5, 5.41) is 3.29. The molecule has 0 spiro atoms. The van der Waals surface area contributed by atoms with E-state index < -0.39 is 17.2 Å². The minimum atomic E-state index is -0.582. The molecule has 0 atom stereocenters. The van der Waals surface area contributed by atoms with Crippen molar-refractivity contribution >= 4 is 17.5 Å². The molecule has 5 rings (SSSR count). The summed E-state index contributed by atoms with van der Waals surface area (Å²) in [7, 11) is 0. The van der Waals surface area contributed by atoms with Gasteiger partial charge in [0.05, 0.1) is 35.9 Å². The number of benzene rings is 1. The summed E-state index contributed by atoms with van der Waals surface area (Å²) in [5.74, 6) is 1.18. The third-order valence-electron chi connectivity index (χ3n) is 6.73. The fourth-order valence-electron chi connectivity index (χ4n) is 4.82. The highest BCUT2D eigenvalue weighted by Gasteiger charge is 2.44. The van der Waals surface area contributed by atoms with Gasteiger partial charge in [-0.3, -0.25) is 4.79 Å². The van der Waals surface area contributed by atoms with Crippen LogP contribution < -0.4 is 10.1 Å². The molecule has 184 valence electrons. The monoisotopic (exact) mass is 476 g/mol. The van der Waals surface area contributed by atoms with Crippen LogP contribution in [0.2, 0.25) is 0 Å². The Kier molecular flexibility index (Phi) is 5.69. The van der Waals surface area contributed by atoms with Gasteiger partial charge in [-0.25, -0.2) is 9.78 Å². The Morgan fingerprint density at radius 2 is 1.97 bits per heavy atom. The molecule has 1 fully saturated rings. The van der Waals surface area contributed by atoms with Gasteiger partial charge in [-0.2, -0.15) is 0 Å². The number of fused-ring (bicyclic) bond motifs is 2. The van der Waals surface area contributed by atoms with Gasteiger partial charge in [0.1, 0.15) is 23.8 Å². The van der Waals surface area contributed by atoms with Gasteiger partial charge < -0.3 is 24.1 Å². The summed E-state index contributed by atoms with van der Waals surface area (Å²) in [6.07, 6.45) is 6.16. The summed E-state index contributed by atoms with van der Waals surface area (Å²) < 4.78 is 13.6. The molecule has 0 saturated heterocycles. The molecule has 2 aromatic heterocycles. The maximum absolute atomic E-state index is 13.6. The number of carbonyl (C=O) groups is 2. The number of hydrogen-bond acceptors (Lipinski definition) is 5. The molecule has 3 heterocycles. The summed E-state index contributed by atoms with van der Waals surface area (Å²) in [4.78, 5) is 32.6. The van der Waals surface area contributed by atoms with Gasteiger partial charge in [0, 0.05) is 11.8 Å². The molecule has 1 aliphatic heterocycles. The fourth-order valence-corrected chi connectivity index (χ4v) is 4.82. The van der Waals surface area contributed by atoms with E-state index in [9.17, 15) is 9.59 Å². The Labute approximate surface area is 205 Å². The molecular formula is C27H32N4O4. The zero-order chi connectivity index (χ0) is 24.8. The highest BCUT2D eigenvalue weighted by molar-refractivity contribution is 5.98. The van der Waals surface area contributed by atoms with Crippen LogP contribution >= 0.6 is 0 Å². The van der Waals surface area contributed by atoms with Crippen molar-refractivity contribution in [1.29, 1.82) is 0 Å². The molecule has 0 bridgehead atoms. The standard InChI is InChI=1S/C27H32N4O4/c1-18-8-6-13-31-21(18)16-28-24(31)27(11-7-12-27)29-23(32)20-10-5-9-19-17-30(14-15-34-22(19)20)25(33)35-26(2,3)4/h5-6,8-10,13,16H,7,11-12,14-15,17H2,1-4H3,(H,29,32). The first kappa shape index (κ1) is 23.2. The predicted molar refractivity (Wildman–Crippen MR) is 132 cm³/mol. The molecule has 8 nitrogen and oxygen atoms in total. The Morgan fingerprint density at radius 1 is 1.17 bits per heavy atom. The number of rotatable bonds is 3. The Hall–Kier alpha value is -3.55. The first-order valence-corrected chi connectivity index (χ1v) is 12.2. The lowest BCUT2D eigenvalue weighted by Gasteiger charge is -2.41. The molecule has 8 heteroatoms. The van der Waals surface area contributed by atoms with E-state index in [2.05, 4.69) is 22.7 Å². The SMILES string of the molecule is Cc1cccn2c(C3(NC(=O)c4cccc5c4OCCN(C(=O)OC(C)(C)C)C5)CCC3)ncc12. The summed E-state index contributed by atoms with van der Waals surface area (Å²) in [6.45, 7) is 8.58. The fraction of sp³-hybridized carbons (Fsp3) is 0.444. The number of aryl methyl sites for hydroxylation is 1. The Balaban J connectivity index is 1.41. The van der Waals surface area contributed by atoms with Crippen LogP contribution in [0.1, 0.15) is 67.3 Å². The number of ether oxygens (including phenoxy) is 2.